The van der Waals surface area contributed by atoms with E-state index in [9.17, 15) is 13.2 Å². The van der Waals surface area contributed by atoms with E-state index in [1.807, 2.05) is 12.1 Å². The summed E-state index contributed by atoms with van der Waals surface area (Å²) in [5.74, 6) is -0.187. The quantitative estimate of drug-likeness (QED) is 0.716. The predicted octanol–water partition coefficient (Wildman–Crippen LogP) is 0.396. The molecule has 0 unspecified atom stereocenters. The van der Waals surface area contributed by atoms with Crippen molar-refractivity contribution in [3.05, 3.63) is 28.7 Å². The number of halogens is 1. The second kappa shape index (κ2) is 8.20. The van der Waals surface area contributed by atoms with Crippen molar-refractivity contribution in [3.63, 3.8) is 0 Å². The van der Waals surface area contributed by atoms with Gasteiger partial charge < -0.3 is 4.90 Å². The van der Waals surface area contributed by atoms with Crippen molar-refractivity contribution in [1.82, 2.24) is 20.1 Å². The summed E-state index contributed by atoms with van der Waals surface area (Å²) in [5, 5.41) is 1.87. The van der Waals surface area contributed by atoms with E-state index in [1.54, 1.807) is 12.1 Å². The number of hydrogen-bond donors (Lipinski definition) is 2. The lowest BCUT2D eigenvalue weighted by Crippen LogP contribution is -2.52. The Hall–Kier alpha value is -1.00. The smallest absolute Gasteiger partial charge is 0.240 e. The van der Waals surface area contributed by atoms with Gasteiger partial charge in [-0.1, -0.05) is 15.9 Å². The number of hydrogen-bond acceptors (Lipinski definition) is 5. The van der Waals surface area contributed by atoms with Crippen molar-refractivity contribution in [1.29, 1.82) is 0 Å². The summed E-state index contributed by atoms with van der Waals surface area (Å²) in [6, 6.07) is 6.34. The monoisotopic (exact) mass is 404 g/mol. The molecule has 9 heteroatoms. The molecule has 1 aliphatic rings. The first-order chi connectivity index (χ1) is 10.9. The molecule has 1 heterocycles. The fraction of sp³-hybridized carbons (Fsp3) is 0.500. The topological polar surface area (TPSA) is 81.8 Å². The normalized spacial score (nSPS) is 17.1. The number of piperazine rings is 1. The van der Waals surface area contributed by atoms with Crippen molar-refractivity contribution >= 4 is 31.9 Å². The van der Waals surface area contributed by atoms with Crippen LogP contribution in [0.4, 0.5) is 0 Å². The van der Waals surface area contributed by atoms with Crippen molar-refractivity contribution < 1.29 is 13.2 Å². The summed E-state index contributed by atoms with van der Waals surface area (Å²) in [6.45, 7) is 3.41. The first-order valence-electron chi connectivity index (χ1n) is 7.35. The average Bonchev–Trinajstić information content (AvgIpc) is 2.50. The van der Waals surface area contributed by atoms with E-state index in [2.05, 4.69) is 31.0 Å². The van der Waals surface area contributed by atoms with Gasteiger partial charge in [0.15, 0.2) is 0 Å². The number of likely N-dealkylation sites (N-methyl/N-ethyl adjacent to an activating group) is 1. The molecule has 2 rings (SSSR count). The van der Waals surface area contributed by atoms with Crippen LogP contribution in [0, 0.1) is 0 Å². The van der Waals surface area contributed by atoms with Crippen LogP contribution in [0.25, 0.3) is 0 Å². The molecule has 0 spiro atoms. The van der Waals surface area contributed by atoms with Gasteiger partial charge in [-0.2, -0.15) is 0 Å². The van der Waals surface area contributed by atoms with Crippen LogP contribution in [0.1, 0.15) is 6.42 Å². The number of rotatable bonds is 6. The molecule has 1 aromatic rings. The van der Waals surface area contributed by atoms with Crippen molar-refractivity contribution in [2.24, 2.45) is 0 Å². The van der Waals surface area contributed by atoms with Gasteiger partial charge >= 0.3 is 0 Å². The Morgan fingerprint density at radius 2 is 1.78 bits per heavy atom. The third-order valence-corrected chi connectivity index (χ3v) is 5.56. The number of nitrogens with zero attached hydrogens (tertiary/aromatic N) is 2. The molecular formula is C14H21BrN4O3S. The van der Waals surface area contributed by atoms with Crippen LogP contribution in [0.3, 0.4) is 0 Å². The van der Waals surface area contributed by atoms with Crippen molar-refractivity contribution in [3.8, 4) is 0 Å². The van der Waals surface area contributed by atoms with E-state index in [1.165, 1.54) is 12.1 Å². The molecule has 1 amide bonds. The van der Waals surface area contributed by atoms with Gasteiger partial charge in [0.05, 0.1) is 4.90 Å². The summed E-state index contributed by atoms with van der Waals surface area (Å²) in [7, 11) is -1.55. The number of hydrazine groups is 1. The maximum atomic E-state index is 12.1. The summed E-state index contributed by atoms with van der Waals surface area (Å²) < 4.78 is 27.4. The third kappa shape index (κ3) is 5.85. The largest absolute Gasteiger partial charge is 0.304 e. The van der Waals surface area contributed by atoms with E-state index < -0.39 is 10.0 Å². The van der Waals surface area contributed by atoms with Gasteiger partial charge in [-0.3, -0.25) is 10.2 Å². The molecule has 0 aromatic heterocycles. The second-order valence-electron chi connectivity index (χ2n) is 5.43. The first-order valence-corrected chi connectivity index (χ1v) is 9.63. The van der Waals surface area contributed by atoms with E-state index in [0.29, 0.717) is 0 Å². The minimum Gasteiger partial charge on any atom is -0.304 e. The predicted molar refractivity (Wildman–Crippen MR) is 91.2 cm³/mol. The Kier molecular flexibility index (Phi) is 6.54. The molecule has 0 atom stereocenters. The van der Waals surface area contributed by atoms with Crippen LogP contribution in [0.15, 0.2) is 33.6 Å². The molecule has 2 N–H and O–H groups in total. The molecule has 0 saturated carbocycles. The van der Waals surface area contributed by atoms with Crippen LogP contribution < -0.4 is 10.1 Å². The lowest BCUT2D eigenvalue weighted by molar-refractivity contribution is -0.126. The Labute approximate surface area is 145 Å². The molecular weight excluding hydrogens is 384 g/mol. The van der Waals surface area contributed by atoms with E-state index in [0.717, 1.165) is 30.7 Å². The number of carbonyl (C=O) groups excluding carboxylic acids is 1. The van der Waals surface area contributed by atoms with Crippen LogP contribution in [-0.4, -0.2) is 64.0 Å². The highest BCUT2D eigenvalue weighted by Crippen LogP contribution is 2.14. The SMILES string of the molecule is CN1CCN(NC(=O)CCNS(=O)(=O)c2ccc(Br)cc2)CC1. The van der Waals surface area contributed by atoms with Crippen LogP contribution in [-0.2, 0) is 14.8 Å². The molecule has 23 heavy (non-hydrogen) atoms. The van der Waals surface area contributed by atoms with Crippen molar-refractivity contribution in [2.75, 3.05) is 39.8 Å². The Bertz CT molecular complexity index is 628. The maximum Gasteiger partial charge on any atom is 0.240 e. The summed E-state index contributed by atoms with van der Waals surface area (Å²) in [5.41, 5.74) is 2.80. The fourth-order valence-corrected chi connectivity index (χ4v) is 3.44. The summed E-state index contributed by atoms with van der Waals surface area (Å²) in [4.78, 5) is 14.2. The minimum atomic E-state index is -3.58. The Balaban J connectivity index is 1.75. The van der Waals surface area contributed by atoms with E-state index in [-0.39, 0.29) is 23.8 Å². The summed E-state index contributed by atoms with van der Waals surface area (Å²) in [6.07, 6.45) is 0.0993. The van der Waals surface area contributed by atoms with Gasteiger partial charge in [0.1, 0.15) is 0 Å². The molecule has 0 radical (unpaired) electrons. The van der Waals surface area contributed by atoms with Gasteiger partial charge in [0.2, 0.25) is 15.9 Å². The second-order valence-corrected chi connectivity index (χ2v) is 8.11. The van der Waals surface area contributed by atoms with Gasteiger partial charge in [-0.05, 0) is 31.3 Å². The van der Waals surface area contributed by atoms with Crippen LogP contribution in [0.2, 0.25) is 0 Å². The fourth-order valence-electron chi connectivity index (χ4n) is 2.15. The van der Waals surface area contributed by atoms with E-state index >= 15 is 0 Å². The number of amides is 1. The molecule has 128 valence electrons. The van der Waals surface area contributed by atoms with E-state index in [4.69, 9.17) is 0 Å². The number of carbonyl (C=O) groups is 1. The highest BCUT2D eigenvalue weighted by atomic mass is 79.9. The zero-order valence-corrected chi connectivity index (χ0v) is 15.4. The van der Waals surface area contributed by atoms with Crippen molar-refractivity contribution in [2.45, 2.75) is 11.3 Å². The molecule has 1 saturated heterocycles. The Morgan fingerprint density at radius 1 is 1.17 bits per heavy atom. The summed E-state index contributed by atoms with van der Waals surface area (Å²) >= 11 is 3.26. The molecule has 1 aliphatic heterocycles. The lowest BCUT2D eigenvalue weighted by Gasteiger charge is -2.32. The highest BCUT2D eigenvalue weighted by molar-refractivity contribution is 9.10. The number of benzene rings is 1. The molecule has 1 fully saturated rings. The number of sulfonamides is 1. The van der Waals surface area contributed by atoms with Crippen LogP contribution in [0.5, 0.6) is 0 Å². The molecule has 0 aliphatic carbocycles. The molecule has 0 bridgehead atoms. The lowest BCUT2D eigenvalue weighted by atomic mass is 10.4. The molecule has 7 nitrogen and oxygen atoms in total. The zero-order chi connectivity index (χ0) is 16.9. The minimum absolute atomic E-state index is 0.0674. The van der Waals surface area contributed by atoms with Gasteiger partial charge in [0, 0.05) is 43.6 Å². The Morgan fingerprint density at radius 3 is 2.39 bits per heavy atom. The first kappa shape index (κ1) is 18.3. The molecule has 1 aromatic carbocycles. The van der Waals surface area contributed by atoms with Gasteiger partial charge in [-0.25, -0.2) is 18.1 Å². The van der Waals surface area contributed by atoms with Crippen LogP contribution >= 0.6 is 15.9 Å². The number of nitrogens with one attached hydrogen (secondary N) is 2. The maximum absolute atomic E-state index is 12.1. The standard InChI is InChI=1S/C14H21BrN4O3S/c1-18-8-10-19(11-9-18)17-14(20)6-7-16-23(21,22)13-4-2-12(15)3-5-13/h2-5,16H,6-11H2,1H3,(H,17,20). The van der Waals surface area contributed by atoms with Gasteiger partial charge in [0.25, 0.3) is 0 Å². The zero-order valence-electron chi connectivity index (χ0n) is 13.0. The average molecular weight is 405 g/mol. The highest BCUT2D eigenvalue weighted by Gasteiger charge is 2.17. The van der Waals surface area contributed by atoms with Gasteiger partial charge in [-0.15, -0.1) is 0 Å². The third-order valence-electron chi connectivity index (χ3n) is 3.55.